The van der Waals surface area contributed by atoms with Crippen molar-refractivity contribution < 1.29 is 27.4 Å². The summed E-state index contributed by atoms with van der Waals surface area (Å²) < 4.78 is 48.3. The van der Waals surface area contributed by atoms with Gasteiger partial charge in [0.2, 0.25) is 5.88 Å². The predicted octanol–water partition coefficient (Wildman–Crippen LogP) is 4.02. The van der Waals surface area contributed by atoms with Gasteiger partial charge in [0, 0.05) is 31.0 Å². The SMILES string of the molecule is CC(C)(C)OC(=O)N1CCc2nc(C3CC3)nc(OCCC(F)(F)F)c2CC1. The molecular formula is C19H26F3N3O3. The van der Waals surface area contributed by atoms with Crippen LogP contribution in [0.4, 0.5) is 18.0 Å². The summed E-state index contributed by atoms with van der Waals surface area (Å²) in [6.45, 7) is 5.74. The maximum atomic E-state index is 12.5. The molecule has 1 amide bonds. The van der Waals surface area contributed by atoms with Crippen LogP contribution in [0.3, 0.4) is 0 Å². The highest BCUT2D eigenvalue weighted by Gasteiger charge is 2.32. The van der Waals surface area contributed by atoms with E-state index in [1.807, 2.05) is 0 Å². The Morgan fingerprint density at radius 2 is 1.82 bits per heavy atom. The lowest BCUT2D eigenvalue weighted by Crippen LogP contribution is -2.38. The minimum absolute atomic E-state index is 0.224. The molecule has 2 heterocycles. The van der Waals surface area contributed by atoms with Crippen molar-refractivity contribution in [2.24, 2.45) is 0 Å². The molecule has 1 saturated carbocycles. The number of hydrogen-bond donors (Lipinski definition) is 0. The lowest BCUT2D eigenvalue weighted by atomic mass is 10.1. The summed E-state index contributed by atoms with van der Waals surface area (Å²) >= 11 is 0. The van der Waals surface area contributed by atoms with Crippen LogP contribution in [0, 0.1) is 0 Å². The van der Waals surface area contributed by atoms with Crippen molar-refractivity contribution in [1.29, 1.82) is 0 Å². The zero-order valence-corrected chi connectivity index (χ0v) is 16.4. The van der Waals surface area contributed by atoms with Gasteiger partial charge in [-0.15, -0.1) is 0 Å². The summed E-state index contributed by atoms with van der Waals surface area (Å²) in [4.78, 5) is 23.0. The lowest BCUT2D eigenvalue weighted by Gasteiger charge is -2.26. The van der Waals surface area contributed by atoms with Gasteiger partial charge in [0.05, 0.1) is 18.7 Å². The van der Waals surface area contributed by atoms with Crippen molar-refractivity contribution in [2.75, 3.05) is 19.7 Å². The van der Waals surface area contributed by atoms with E-state index < -0.39 is 30.9 Å². The number of amides is 1. The smallest absolute Gasteiger partial charge is 0.410 e. The van der Waals surface area contributed by atoms with Crippen LogP contribution < -0.4 is 4.74 Å². The van der Waals surface area contributed by atoms with Crippen LogP contribution >= 0.6 is 0 Å². The highest BCUT2D eigenvalue weighted by Crippen LogP contribution is 2.40. The van der Waals surface area contributed by atoms with Gasteiger partial charge in [-0.1, -0.05) is 0 Å². The van der Waals surface area contributed by atoms with Crippen molar-refractivity contribution in [3.8, 4) is 5.88 Å². The summed E-state index contributed by atoms with van der Waals surface area (Å²) in [6.07, 6.45) is -2.86. The average Bonchev–Trinajstić information content (AvgIpc) is 3.38. The molecular weight excluding hydrogens is 375 g/mol. The molecule has 0 aromatic carbocycles. The molecule has 156 valence electrons. The number of ether oxygens (including phenoxy) is 2. The van der Waals surface area contributed by atoms with Crippen LogP contribution in [-0.4, -0.2) is 52.4 Å². The Morgan fingerprint density at radius 1 is 1.14 bits per heavy atom. The maximum absolute atomic E-state index is 12.5. The van der Waals surface area contributed by atoms with Crippen LogP contribution in [0.2, 0.25) is 0 Å². The monoisotopic (exact) mass is 401 g/mol. The molecule has 0 unspecified atom stereocenters. The molecule has 1 aliphatic carbocycles. The first-order valence-corrected chi connectivity index (χ1v) is 9.59. The number of carbonyl (C=O) groups is 1. The molecule has 1 aliphatic heterocycles. The van der Waals surface area contributed by atoms with E-state index in [4.69, 9.17) is 9.47 Å². The van der Waals surface area contributed by atoms with Crippen LogP contribution in [0.15, 0.2) is 0 Å². The number of rotatable bonds is 4. The molecule has 0 bridgehead atoms. The Hall–Kier alpha value is -2.06. The molecule has 0 N–H and O–H groups in total. The van der Waals surface area contributed by atoms with Gasteiger partial charge >= 0.3 is 12.3 Å². The van der Waals surface area contributed by atoms with E-state index in [1.165, 1.54) is 0 Å². The molecule has 0 radical (unpaired) electrons. The fraction of sp³-hybridized carbons (Fsp3) is 0.737. The summed E-state index contributed by atoms with van der Waals surface area (Å²) in [5.74, 6) is 1.11. The van der Waals surface area contributed by atoms with Crippen LogP contribution in [0.25, 0.3) is 0 Å². The van der Waals surface area contributed by atoms with E-state index in [0.29, 0.717) is 37.3 Å². The van der Waals surface area contributed by atoms with Gasteiger partial charge in [-0.3, -0.25) is 0 Å². The number of nitrogens with zero attached hydrogens (tertiary/aromatic N) is 3. The van der Waals surface area contributed by atoms with E-state index in [2.05, 4.69) is 9.97 Å². The van der Waals surface area contributed by atoms with Gasteiger partial charge in [-0.05, 0) is 40.0 Å². The highest BCUT2D eigenvalue weighted by molar-refractivity contribution is 5.68. The molecule has 1 fully saturated rings. The van der Waals surface area contributed by atoms with Gasteiger partial charge in [0.15, 0.2) is 0 Å². The van der Waals surface area contributed by atoms with Crippen LogP contribution in [0.5, 0.6) is 5.88 Å². The van der Waals surface area contributed by atoms with Gasteiger partial charge in [-0.2, -0.15) is 18.2 Å². The van der Waals surface area contributed by atoms with E-state index in [-0.39, 0.29) is 11.8 Å². The third kappa shape index (κ3) is 5.72. The number of alkyl halides is 3. The summed E-state index contributed by atoms with van der Waals surface area (Å²) in [7, 11) is 0. The number of carbonyl (C=O) groups excluding carboxylic acids is 1. The Balaban J connectivity index is 1.76. The van der Waals surface area contributed by atoms with Crippen molar-refractivity contribution in [3.63, 3.8) is 0 Å². The Kier molecular flexibility index (Phi) is 5.72. The van der Waals surface area contributed by atoms with Gasteiger partial charge in [-0.25, -0.2) is 9.78 Å². The van der Waals surface area contributed by atoms with E-state index >= 15 is 0 Å². The van der Waals surface area contributed by atoms with Crippen molar-refractivity contribution >= 4 is 6.09 Å². The Labute approximate surface area is 162 Å². The fourth-order valence-electron chi connectivity index (χ4n) is 3.00. The standard InChI is InChI=1S/C19H26F3N3O3/c1-18(2,3)28-17(26)25-9-6-13-14(7-10-25)23-15(12-4-5-12)24-16(13)27-11-8-19(20,21)22/h12H,4-11H2,1-3H3. The first-order valence-electron chi connectivity index (χ1n) is 9.59. The van der Waals surface area contributed by atoms with Crippen LogP contribution in [0.1, 0.15) is 63.0 Å². The largest absolute Gasteiger partial charge is 0.477 e. The zero-order chi connectivity index (χ0) is 20.5. The molecule has 28 heavy (non-hydrogen) atoms. The third-order valence-electron chi connectivity index (χ3n) is 4.54. The second kappa shape index (κ2) is 7.75. The zero-order valence-electron chi connectivity index (χ0n) is 16.4. The van der Waals surface area contributed by atoms with Crippen molar-refractivity contribution in [2.45, 2.75) is 70.6 Å². The Morgan fingerprint density at radius 3 is 2.43 bits per heavy atom. The van der Waals surface area contributed by atoms with Gasteiger partial charge in [0.1, 0.15) is 11.4 Å². The molecule has 9 heteroatoms. The molecule has 1 aromatic heterocycles. The number of aromatic nitrogens is 2. The molecule has 3 rings (SSSR count). The van der Waals surface area contributed by atoms with Crippen molar-refractivity contribution in [3.05, 3.63) is 17.1 Å². The number of fused-ring (bicyclic) bond motifs is 1. The highest BCUT2D eigenvalue weighted by atomic mass is 19.4. The third-order valence-corrected chi connectivity index (χ3v) is 4.54. The summed E-state index contributed by atoms with van der Waals surface area (Å²) in [5.41, 5.74) is 0.851. The van der Waals surface area contributed by atoms with Crippen molar-refractivity contribution in [1.82, 2.24) is 14.9 Å². The first kappa shape index (κ1) is 20.7. The van der Waals surface area contributed by atoms with Gasteiger partial charge < -0.3 is 14.4 Å². The summed E-state index contributed by atoms with van der Waals surface area (Å²) in [6, 6.07) is 0. The molecule has 6 nitrogen and oxygen atoms in total. The molecule has 0 saturated heterocycles. The fourth-order valence-corrected chi connectivity index (χ4v) is 3.00. The van der Waals surface area contributed by atoms with Gasteiger partial charge in [0.25, 0.3) is 0 Å². The topological polar surface area (TPSA) is 64.5 Å². The number of hydrogen-bond acceptors (Lipinski definition) is 5. The van der Waals surface area contributed by atoms with E-state index in [0.717, 1.165) is 18.5 Å². The second-order valence-corrected chi connectivity index (χ2v) is 8.27. The molecule has 0 atom stereocenters. The number of halogens is 3. The molecule has 0 spiro atoms. The maximum Gasteiger partial charge on any atom is 0.410 e. The first-order chi connectivity index (χ1) is 13.0. The normalized spacial score (nSPS) is 17.7. The lowest BCUT2D eigenvalue weighted by molar-refractivity contribution is -0.139. The molecule has 2 aliphatic rings. The average molecular weight is 401 g/mol. The minimum Gasteiger partial charge on any atom is -0.477 e. The quantitative estimate of drug-likeness (QED) is 0.763. The predicted molar refractivity (Wildman–Crippen MR) is 95.4 cm³/mol. The Bertz CT molecular complexity index is 728. The minimum atomic E-state index is -4.28. The van der Waals surface area contributed by atoms with Crippen LogP contribution in [-0.2, 0) is 17.6 Å². The summed E-state index contributed by atoms with van der Waals surface area (Å²) in [5, 5.41) is 0. The van der Waals surface area contributed by atoms with E-state index in [9.17, 15) is 18.0 Å². The second-order valence-electron chi connectivity index (χ2n) is 8.27. The van der Waals surface area contributed by atoms with E-state index in [1.54, 1.807) is 25.7 Å². The molecule has 1 aromatic rings.